The van der Waals surface area contributed by atoms with Crippen LogP contribution in [0.15, 0.2) is 0 Å². The van der Waals surface area contributed by atoms with Gasteiger partial charge in [0.25, 0.3) is 0 Å². The third-order valence-electron chi connectivity index (χ3n) is 6.01. The fraction of sp³-hybridized carbons (Fsp3) is 0.947. The van der Waals surface area contributed by atoms with Crippen LogP contribution in [0.4, 0.5) is 0 Å². The van der Waals surface area contributed by atoms with Gasteiger partial charge in [-0.1, -0.05) is 6.42 Å². The van der Waals surface area contributed by atoms with Crippen LogP contribution in [0.25, 0.3) is 0 Å². The Hall–Kier alpha value is -0.410. The summed E-state index contributed by atoms with van der Waals surface area (Å²) in [6.45, 7) is 9.52. The smallest absolute Gasteiger partial charge is 0.150 e. The number of hydrogen-bond acceptors (Lipinski definition) is 1. The Labute approximate surface area is 136 Å². The largest absolute Gasteiger partial charge is 0.375 e. The van der Waals surface area contributed by atoms with E-state index in [0.717, 1.165) is 12.6 Å². The van der Waals surface area contributed by atoms with Crippen molar-refractivity contribution < 1.29 is 14.6 Å². The Morgan fingerprint density at radius 3 is 2.50 bits per heavy atom. The quantitative estimate of drug-likeness (QED) is 0.736. The first kappa shape index (κ1) is 16.4. The Balaban J connectivity index is 1.70. The minimum Gasteiger partial charge on any atom is -0.375 e. The van der Waals surface area contributed by atoms with Crippen molar-refractivity contribution in [3.8, 4) is 0 Å². The fourth-order valence-corrected chi connectivity index (χ4v) is 4.96. The molecule has 1 saturated carbocycles. The summed E-state index contributed by atoms with van der Waals surface area (Å²) in [5.74, 6) is 0. The molecule has 3 fully saturated rings. The standard InChI is InChI=1S/C19H34N2O/c1-18(2)14-19(10-13-22-18,16-21-11-6-7-12-21)15-20-17-8-4-3-5-9-17/h15,17H,3-14,16H2,1-2H3/p+2/t19-/m0/s1. The Morgan fingerprint density at radius 1 is 1.09 bits per heavy atom. The number of likely N-dealkylation sites (tertiary alicyclic amines) is 1. The van der Waals surface area contributed by atoms with E-state index in [0.29, 0.717) is 5.41 Å². The van der Waals surface area contributed by atoms with E-state index >= 15 is 0 Å². The molecular formula is C19H36N2O+2. The molecule has 0 radical (unpaired) electrons. The van der Waals surface area contributed by atoms with Gasteiger partial charge in [-0.3, -0.25) is 0 Å². The van der Waals surface area contributed by atoms with Crippen LogP contribution in [0, 0.1) is 5.41 Å². The van der Waals surface area contributed by atoms with Crippen LogP contribution in [0.5, 0.6) is 0 Å². The van der Waals surface area contributed by atoms with Crippen LogP contribution in [-0.4, -0.2) is 44.1 Å². The van der Waals surface area contributed by atoms with E-state index in [1.165, 1.54) is 77.4 Å². The van der Waals surface area contributed by atoms with Gasteiger partial charge in [0.1, 0.15) is 17.7 Å². The molecule has 3 heteroatoms. The molecule has 0 aromatic carbocycles. The molecule has 3 nitrogen and oxygen atoms in total. The summed E-state index contributed by atoms with van der Waals surface area (Å²) < 4.78 is 6.02. The van der Waals surface area contributed by atoms with Crippen LogP contribution in [0.1, 0.15) is 71.6 Å². The van der Waals surface area contributed by atoms with E-state index in [1.54, 1.807) is 0 Å². The maximum atomic E-state index is 6.02. The molecule has 1 aliphatic carbocycles. The zero-order valence-corrected chi connectivity index (χ0v) is 14.8. The van der Waals surface area contributed by atoms with E-state index in [4.69, 9.17) is 4.74 Å². The summed E-state index contributed by atoms with van der Waals surface area (Å²) in [6, 6.07) is 0.727. The van der Waals surface area contributed by atoms with Crippen LogP contribution < -0.4 is 9.89 Å². The molecule has 3 rings (SSSR count). The van der Waals surface area contributed by atoms with Crippen molar-refractivity contribution in [2.24, 2.45) is 5.41 Å². The number of ether oxygens (including phenoxy) is 1. The highest BCUT2D eigenvalue weighted by atomic mass is 16.5. The Kier molecular flexibility index (Phi) is 5.24. The van der Waals surface area contributed by atoms with Crippen molar-refractivity contribution in [3.05, 3.63) is 0 Å². The minimum atomic E-state index is 0.0299. The lowest BCUT2D eigenvalue weighted by atomic mass is 9.74. The predicted molar refractivity (Wildman–Crippen MR) is 90.4 cm³/mol. The van der Waals surface area contributed by atoms with Gasteiger partial charge >= 0.3 is 0 Å². The fourth-order valence-electron chi connectivity index (χ4n) is 4.96. The highest BCUT2D eigenvalue weighted by molar-refractivity contribution is 5.60. The van der Waals surface area contributed by atoms with Crippen LogP contribution in [0.2, 0.25) is 0 Å². The third kappa shape index (κ3) is 4.32. The van der Waals surface area contributed by atoms with Crippen molar-refractivity contribution >= 4 is 6.21 Å². The van der Waals surface area contributed by atoms with E-state index in [9.17, 15) is 0 Å². The Bertz CT molecular complexity index is 381. The SMILES string of the molecule is CC1(C)C[C@@](C=[NH+]C2CCCCC2)(C[NH+]2CCCC2)CCO1. The highest BCUT2D eigenvalue weighted by Gasteiger charge is 2.45. The molecule has 126 valence electrons. The second-order valence-corrected chi connectivity index (χ2v) is 8.68. The maximum absolute atomic E-state index is 6.02. The molecule has 0 bridgehead atoms. The lowest BCUT2D eigenvalue weighted by molar-refractivity contribution is -0.893. The van der Waals surface area contributed by atoms with E-state index in [-0.39, 0.29) is 5.60 Å². The molecule has 22 heavy (non-hydrogen) atoms. The topological polar surface area (TPSA) is 27.6 Å². The molecule has 2 saturated heterocycles. The molecular weight excluding hydrogens is 272 g/mol. The van der Waals surface area contributed by atoms with Gasteiger partial charge in [-0.05, 0) is 39.5 Å². The van der Waals surface area contributed by atoms with Gasteiger partial charge in [0.2, 0.25) is 0 Å². The maximum Gasteiger partial charge on any atom is 0.150 e. The zero-order valence-electron chi connectivity index (χ0n) is 14.8. The van der Waals surface area contributed by atoms with Crippen molar-refractivity contribution in [1.29, 1.82) is 0 Å². The van der Waals surface area contributed by atoms with Crippen LogP contribution >= 0.6 is 0 Å². The summed E-state index contributed by atoms with van der Waals surface area (Å²) in [6.07, 6.45) is 14.7. The molecule has 0 amide bonds. The van der Waals surface area contributed by atoms with Crippen molar-refractivity contribution in [1.82, 2.24) is 0 Å². The van der Waals surface area contributed by atoms with Crippen molar-refractivity contribution in [2.75, 3.05) is 26.2 Å². The van der Waals surface area contributed by atoms with Gasteiger partial charge in [0.15, 0.2) is 0 Å². The Morgan fingerprint density at radius 2 is 1.82 bits per heavy atom. The van der Waals surface area contributed by atoms with E-state index < -0.39 is 0 Å². The van der Waals surface area contributed by atoms with Gasteiger partial charge in [-0.15, -0.1) is 0 Å². The monoisotopic (exact) mass is 308 g/mol. The third-order valence-corrected chi connectivity index (χ3v) is 6.01. The van der Waals surface area contributed by atoms with Crippen molar-refractivity contribution in [2.45, 2.75) is 83.3 Å². The molecule has 1 atom stereocenters. The first-order valence-electron chi connectivity index (χ1n) is 9.65. The number of quaternary nitrogens is 1. The van der Waals surface area contributed by atoms with Crippen molar-refractivity contribution in [3.63, 3.8) is 0 Å². The molecule has 3 aliphatic rings. The van der Waals surface area contributed by atoms with E-state index in [2.05, 4.69) is 25.1 Å². The second-order valence-electron chi connectivity index (χ2n) is 8.68. The predicted octanol–water partition coefficient (Wildman–Crippen LogP) is 0.725. The van der Waals surface area contributed by atoms with Gasteiger partial charge in [0.05, 0.1) is 25.2 Å². The van der Waals surface area contributed by atoms with Gasteiger partial charge < -0.3 is 9.64 Å². The number of rotatable bonds is 4. The lowest BCUT2D eigenvalue weighted by Gasteiger charge is -2.41. The molecule has 2 N–H and O–H groups in total. The molecule has 2 aliphatic heterocycles. The van der Waals surface area contributed by atoms with Gasteiger partial charge in [-0.25, -0.2) is 4.99 Å². The van der Waals surface area contributed by atoms with Crippen LogP contribution in [0.3, 0.4) is 0 Å². The molecule has 0 aromatic heterocycles. The summed E-state index contributed by atoms with van der Waals surface area (Å²) in [4.78, 5) is 5.67. The average Bonchev–Trinajstić information content (AvgIpc) is 2.98. The minimum absolute atomic E-state index is 0.0299. The number of hydrogen-bond donors (Lipinski definition) is 2. The molecule has 0 aromatic rings. The first-order valence-corrected chi connectivity index (χ1v) is 9.65. The summed E-state index contributed by atoms with van der Waals surface area (Å²) >= 11 is 0. The average molecular weight is 309 g/mol. The summed E-state index contributed by atoms with van der Waals surface area (Å²) in [7, 11) is 0. The summed E-state index contributed by atoms with van der Waals surface area (Å²) in [5, 5.41) is 0. The van der Waals surface area contributed by atoms with Gasteiger partial charge in [-0.2, -0.15) is 0 Å². The second kappa shape index (κ2) is 7.00. The van der Waals surface area contributed by atoms with Gasteiger partial charge in [0, 0.05) is 32.3 Å². The molecule has 0 unspecified atom stereocenters. The first-order chi connectivity index (χ1) is 10.6. The zero-order chi connectivity index (χ0) is 15.5. The summed E-state index contributed by atoms with van der Waals surface area (Å²) in [5.41, 5.74) is 0.362. The van der Waals surface area contributed by atoms with E-state index in [1.807, 2.05) is 4.90 Å². The highest BCUT2D eigenvalue weighted by Crippen LogP contribution is 2.36. The van der Waals surface area contributed by atoms with Crippen LogP contribution in [-0.2, 0) is 4.74 Å². The normalized spacial score (nSPS) is 34.5. The molecule has 2 heterocycles. The molecule has 0 spiro atoms. The number of nitrogens with one attached hydrogen (secondary N) is 2. The lowest BCUT2D eigenvalue weighted by Crippen LogP contribution is -3.11.